The lowest BCUT2D eigenvalue weighted by atomic mass is 10.1. The van der Waals surface area contributed by atoms with Gasteiger partial charge in [0.05, 0.1) is 74.5 Å². The molecule has 0 aliphatic rings. The molecule has 0 aliphatic heterocycles. The number of carbonyl (C=O) groups excluding carboxylic acids is 5. The molecule has 0 atom stereocenters. The molecule has 2 aromatic heterocycles. The fraction of sp³-hybridized carbons (Fsp3) is 0.340. The molecule has 0 saturated carbocycles. The first-order valence-electron chi connectivity index (χ1n) is 23.1. The molecule has 0 saturated heterocycles. The number of ether oxygens (including phenoxy) is 7. The molecule has 16 nitrogen and oxygen atoms in total. The van der Waals surface area contributed by atoms with Crippen molar-refractivity contribution in [2.24, 2.45) is 0 Å². The van der Waals surface area contributed by atoms with E-state index in [1.54, 1.807) is 80.2 Å². The summed E-state index contributed by atoms with van der Waals surface area (Å²) in [4.78, 5) is 79.3. The van der Waals surface area contributed by atoms with Crippen molar-refractivity contribution in [2.45, 2.75) is 84.0 Å². The minimum atomic E-state index is -0.770. The summed E-state index contributed by atoms with van der Waals surface area (Å²) in [7, 11) is 0. The Hall–Kier alpha value is -7.75. The molecule has 0 aliphatic carbocycles. The van der Waals surface area contributed by atoms with Crippen LogP contribution in [0, 0.1) is 0 Å². The Bertz CT molecular complexity index is 2440. The fourth-order valence-electron chi connectivity index (χ4n) is 6.59. The lowest BCUT2D eigenvalue weighted by Gasteiger charge is -2.13. The van der Waals surface area contributed by atoms with Gasteiger partial charge in [-0.15, -0.1) is 0 Å². The average molecular weight is 943 g/mol. The molecule has 0 N–H and O–H groups in total. The van der Waals surface area contributed by atoms with Crippen molar-refractivity contribution in [2.75, 3.05) is 33.0 Å². The fourth-order valence-corrected chi connectivity index (χ4v) is 6.59. The Balaban J connectivity index is 1.09. The molecule has 5 aromatic rings. The van der Waals surface area contributed by atoms with Gasteiger partial charge in [0.1, 0.15) is 0 Å². The van der Waals surface area contributed by atoms with Crippen LogP contribution in [0.1, 0.15) is 115 Å². The molecule has 362 valence electrons. The van der Waals surface area contributed by atoms with Crippen LogP contribution in [0.5, 0.6) is 23.0 Å². The summed E-state index contributed by atoms with van der Waals surface area (Å²) in [5, 5.41) is 0. The van der Waals surface area contributed by atoms with E-state index in [1.165, 1.54) is 30.4 Å². The monoisotopic (exact) mass is 942 g/mol. The van der Waals surface area contributed by atoms with Gasteiger partial charge in [-0.3, -0.25) is 0 Å². The Morgan fingerprint density at radius 2 is 0.826 bits per heavy atom. The van der Waals surface area contributed by atoms with E-state index in [0.29, 0.717) is 60.7 Å². The van der Waals surface area contributed by atoms with Crippen molar-refractivity contribution >= 4 is 29.8 Å². The van der Waals surface area contributed by atoms with Gasteiger partial charge in [-0.1, -0.05) is 88.8 Å². The van der Waals surface area contributed by atoms with Gasteiger partial charge < -0.3 is 33.2 Å². The van der Waals surface area contributed by atoms with E-state index in [9.17, 15) is 24.0 Å². The SMILES string of the molecule is C=CC(=O)OCCCCCCCCOc1cnc(-c2ccc(C(=O)Oc3ccc(C(=O)OCC)cc3OC(=O)c3ccc(-c4ncc(OCCCCCCCCOC(=O)C=C)cn4)cc3)cc2)nc1. The van der Waals surface area contributed by atoms with Gasteiger partial charge in [0, 0.05) is 23.3 Å². The van der Waals surface area contributed by atoms with Crippen LogP contribution in [0.4, 0.5) is 0 Å². The molecule has 0 fully saturated rings. The molecular formula is C53H58N4O12. The van der Waals surface area contributed by atoms with E-state index in [4.69, 9.17) is 33.2 Å². The maximum atomic E-state index is 13.4. The van der Waals surface area contributed by atoms with Gasteiger partial charge in [0.2, 0.25) is 0 Å². The summed E-state index contributed by atoms with van der Waals surface area (Å²) in [5.41, 5.74) is 1.77. The third kappa shape index (κ3) is 18.1. The van der Waals surface area contributed by atoms with Crippen molar-refractivity contribution < 1.29 is 57.1 Å². The van der Waals surface area contributed by atoms with Crippen LogP contribution in [0.3, 0.4) is 0 Å². The lowest BCUT2D eigenvalue weighted by molar-refractivity contribution is -0.138. The number of hydrogen-bond acceptors (Lipinski definition) is 16. The summed E-state index contributed by atoms with van der Waals surface area (Å²) in [6.45, 7) is 10.4. The molecule has 5 rings (SSSR count). The Morgan fingerprint density at radius 3 is 1.23 bits per heavy atom. The van der Waals surface area contributed by atoms with Gasteiger partial charge in [0.25, 0.3) is 0 Å². The number of rotatable bonds is 30. The first-order valence-corrected chi connectivity index (χ1v) is 23.1. The maximum absolute atomic E-state index is 13.4. The quantitative estimate of drug-likeness (QED) is 0.0138. The van der Waals surface area contributed by atoms with Gasteiger partial charge in [-0.25, -0.2) is 43.9 Å². The van der Waals surface area contributed by atoms with Crippen LogP contribution in [0.2, 0.25) is 0 Å². The highest BCUT2D eigenvalue weighted by Crippen LogP contribution is 2.31. The van der Waals surface area contributed by atoms with E-state index in [0.717, 1.165) is 77.0 Å². The molecule has 0 unspecified atom stereocenters. The predicted molar refractivity (Wildman–Crippen MR) is 256 cm³/mol. The van der Waals surface area contributed by atoms with Crippen molar-refractivity contribution in [3.63, 3.8) is 0 Å². The number of benzene rings is 3. The zero-order valence-corrected chi connectivity index (χ0v) is 38.9. The molecule has 0 radical (unpaired) electrons. The second-order valence-electron chi connectivity index (χ2n) is 15.5. The normalized spacial score (nSPS) is 10.6. The number of hydrogen-bond donors (Lipinski definition) is 0. The smallest absolute Gasteiger partial charge is 0.343 e. The zero-order chi connectivity index (χ0) is 49.1. The minimum Gasteiger partial charge on any atom is -0.490 e. The second-order valence-corrected chi connectivity index (χ2v) is 15.5. The summed E-state index contributed by atoms with van der Waals surface area (Å²) in [6, 6.07) is 17.0. The summed E-state index contributed by atoms with van der Waals surface area (Å²) in [6.07, 6.45) is 20.3. The lowest BCUT2D eigenvalue weighted by Crippen LogP contribution is -2.14. The Labute approximate surface area is 402 Å². The molecule has 69 heavy (non-hydrogen) atoms. The third-order valence-corrected chi connectivity index (χ3v) is 10.3. The highest BCUT2D eigenvalue weighted by molar-refractivity contribution is 5.95. The van der Waals surface area contributed by atoms with Gasteiger partial charge in [-0.05, 0) is 75.1 Å². The van der Waals surface area contributed by atoms with Crippen LogP contribution in [0.25, 0.3) is 22.8 Å². The highest BCUT2D eigenvalue weighted by Gasteiger charge is 2.20. The topological polar surface area (TPSA) is 202 Å². The molecular weight excluding hydrogens is 885 g/mol. The molecule has 0 spiro atoms. The molecule has 0 bridgehead atoms. The van der Waals surface area contributed by atoms with Crippen LogP contribution in [-0.4, -0.2) is 82.8 Å². The standard InChI is InChI=1S/C53H58N4O12/c1-4-47(58)66-31-17-13-9-7-11-15-29-64-43-34-54-49(55-35-43)38-19-23-40(24-20-38)52(61)68-45-28-27-42(51(60)63-6-3)33-46(45)69-53(62)41-25-21-39(22-26-41)50-56-36-44(37-57-50)65-30-16-12-8-10-14-18-32-67-48(59)5-2/h4-5,19-28,33-37H,1-2,6-18,29-32H2,3H3. The minimum absolute atomic E-state index is 0.0894. The zero-order valence-electron chi connectivity index (χ0n) is 38.9. The number of aromatic nitrogens is 4. The maximum Gasteiger partial charge on any atom is 0.343 e. The molecule has 2 heterocycles. The summed E-state index contributed by atoms with van der Waals surface area (Å²) >= 11 is 0. The largest absolute Gasteiger partial charge is 0.490 e. The van der Waals surface area contributed by atoms with Gasteiger partial charge in [-0.2, -0.15) is 0 Å². The Kier molecular flexibility index (Phi) is 22.0. The van der Waals surface area contributed by atoms with Crippen molar-refractivity contribution in [1.82, 2.24) is 19.9 Å². The summed E-state index contributed by atoms with van der Waals surface area (Å²) < 4.78 is 38.1. The van der Waals surface area contributed by atoms with E-state index >= 15 is 0 Å². The van der Waals surface area contributed by atoms with Crippen LogP contribution >= 0.6 is 0 Å². The van der Waals surface area contributed by atoms with Crippen molar-refractivity contribution in [1.29, 1.82) is 0 Å². The number of unbranched alkanes of at least 4 members (excludes halogenated alkanes) is 10. The van der Waals surface area contributed by atoms with E-state index in [1.807, 2.05) is 0 Å². The second kappa shape index (κ2) is 29.1. The van der Waals surface area contributed by atoms with Crippen LogP contribution < -0.4 is 18.9 Å². The number of nitrogens with zero attached hydrogens (tertiary/aromatic N) is 4. The Morgan fingerprint density at radius 1 is 0.449 bits per heavy atom. The van der Waals surface area contributed by atoms with Crippen molar-refractivity contribution in [3.8, 4) is 45.8 Å². The molecule has 3 aromatic carbocycles. The first kappa shape index (κ1) is 52.2. The third-order valence-electron chi connectivity index (χ3n) is 10.3. The van der Waals surface area contributed by atoms with Crippen LogP contribution in [0.15, 0.2) is 117 Å². The first-order chi connectivity index (χ1) is 33.7. The van der Waals surface area contributed by atoms with Crippen molar-refractivity contribution in [3.05, 3.63) is 134 Å². The predicted octanol–water partition coefficient (Wildman–Crippen LogP) is 10.1. The van der Waals surface area contributed by atoms with Gasteiger partial charge >= 0.3 is 29.8 Å². The number of esters is 5. The molecule has 0 amide bonds. The van der Waals surface area contributed by atoms with Gasteiger partial charge in [0.15, 0.2) is 34.6 Å². The van der Waals surface area contributed by atoms with E-state index < -0.39 is 29.8 Å². The highest BCUT2D eigenvalue weighted by atomic mass is 16.6. The van der Waals surface area contributed by atoms with Crippen LogP contribution in [-0.2, 0) is 23.8 Å². The van der Waals surface area contributed by atoms with E-state index in [2.05, 4.69) is 33.1 Å². The van der Waals surface area contributed by atoms with E-state index in [-0.39, 0.29) is 34.8 Å². The molecule has 16 heteroatoms. The number of carbonyl (C=O) groups is 5. The average Bonchev–Trinajstić information content (AvgIpc) is 3.38. The summed E-state index contributed by atoms with van der Waals surface area (Å²) in [5.74, 6) is -1.26.